The SMILES string of the molecule is CCCCCCCCCCCCCCCCCCCCCCCCCCC(=O)N[C@@H](CO[C@@H]1O[C@H](CO)[C@@H](O)C(O)C1O)[C@H](O)[C@H](O)CCCCCCCCCCCC. The van der Waals surface area contributed by atoms with Crippen LogP contribution < -0.4 is 5.32 Å². The van der Waals surface area contributed by atoms with Gasteiger partial charge >= 0.3 is 0 Å². The fourth-order valence-electron chi connectivity index (χ4n) is 8.44. The first-order valence-electron chi connectivity index (χ1n) is 25.3. The Kier molecular flexibility index (Phi) is 38.0. The summed E-state index contributed by atoms with van der Waals surface area (Å²) in [5, 5.41) is 65.1. The molecule has 1 fully saturated rings. The molecule has 0 aromatic rings. The second-order valence-corrected chi connectivity index (χ2v) is 18.1. The van der Waals surface area contributed by atoms with Gasteiger partial charge in [-0.1, -0.05) is 226 Å². The molecule has 0 aromatic carbocycles. The third-order valence-corrected chi connectivity index (χ3v) is 12.6. The van der Waals surface area contributed by atoms with Crippen molar-refractivity contribution < 1.29 is 44.9 Å². The van der Waals surface area contributed by atoms with E-state index >= 15 is 0 Å². The zero-order valence-corrected chi connectivity index (χ0v) is 38.4. The van der Waals surface area contributed by atoms with Gasteiger partial charge in [0.1, 0.15) is 30.5 Å². The molecule has 0 bridgehead atoms. The van der Waals surface area contributed by atoms with E-state index < -0.39 is 55.6 Å². The molecule has 0 aliphatic carbocycles. The van der Waals surface area contributed by atoms with E-state index in [0.717, 1.165) is 44.9 Å². The summed E-state index contributed by atoms with van der Waals surface area (Å²) in [6.07, 6.45) is 34.2. The van der Waals surface area contributed by atoms with Crippen molar-refractivity contribution in [2.75, 3.05) is 13.2 Å². The smallest absolute Gasteiger partial charge is 0.220 e. The van der Waals surface area contributed by atoms with Crippen molar-refractivity contribution in [2.45, 2.75) is 294 Å². The average molecular weight is 844 g/mol. The van der Waals surface area contributed by atoms with Gasteiger partial charge in [-0.05, 0) is 12.8 Å². The Morgan fingerprint density at radius 2 is 0.881 bits per heavy atom. The summed E-state index contributed by atoms with van der Waals surface area (Å²) >= 11 is 0. The van der Waals surface area contributed by atoms with E-state index in [-0.39, 0.29) is 18.9 Å². The number of carbonyl (C=O) groups is 1. The number of amides is 1. The van der Waals surface area contributed by atoms with E-state index in [9.17, 15) is 35.4 Å². The standard InChI is InChI=1S/C49H97NO9/c1-3-5-7-9-11-13-15-16-17-18-19-20-21-22-23-24-25-26-27-28-30-32-34-36-38-44(53)50-41(40-58-49-48(57)47(56)46(55)43(39-51)59-49)45(54)42(52)37-35-33-31-29-14-12-10-8-6-4-2/h41-43,45-49,51-52,54-57H,3-40H2,1-2H3,(H,50,53)/t41-,42+,43+,45-,46+,47?,48?,49+/m0/s1. The lowest BCUT2D eigenvalue weighted by Gasteiger charge is -2.40. The van der Waals surface area contributed by atoms with Crippen LogP contribution in [-0.4, -0.2) is 98.7 Å². The molecule has 10 heteroatoms. The van der Waals surface area contributed by atoms with Gasteiger partial charge in [0.15, 0.2) is 6.29 Å². The van der Waals surface area contributed by atoms with Crippen LogP contribution in [0.25, 0.3) is 0 Å². The molecular weight excluding hydrogens is 747 g/mol. The molecule has 0 spiro atoms. The molecule has 59 heavy (non-hydrogen) atoms. The number of hydrogen-bond donors (Lipinski definition) is 7. The summed E-state index contributed by atoms with van der Waals surface area (Å²) in [6.45, 7) is 3.61. The third kappa shape index (κ3) is 30.0. The number of aliphatic hydroxyl groups is 6. The van der Waals surface area contributed by atoms with Crippen LogP contribution in [0.4, 0.5) is 0 Å². The second-order valence-electron chi connectivity index (χ2n) is 18.1. The molecule has 352 valence electrons. The highest BCUT2D eigenvalue weighted by Gasteiger charge is 2.44. The minimum absolute atomic E-state index is 0.253. The first-order valence-corrected chi connectivity index (χ1v) is 25.3. The minimum Gasteiger partial charge on any atom is -0.394 e. The molecular formula is C49H97NO9. The third-order valence-electron chi connectivity index (χ3n) is 12.6. The fraction of sp³-hybridized carbons (Fsp3) is 0.980. The highest BCUT2D eigenvalue weighted by molar-refractivity contribution is 5.76. The van der Waals surface area contributed by atoms with E-state index in [4.69, 9.17) is 9.47 Å². The van der Waals surface area contributed by atoms with Gasteiger partial charge in [0.05, 0.1) is 25.4 Å². The average Bonchev–Trinajstić information content (AvgIpc) is 3.23. The van der Waals surface area contributed by atoms with Crippen LogP contribution in [0.5, 0.6) is 0 Å². The lowest BCUT2D eigenvalue weighted by atomic mass is 9.98. The van der Waals surface area contributed by atoms with E-state index in [2.05, 4.69) is 19.2 Å². The fourth-order valence-corrected chi connectivity index (χ4v) is 8.44. The molecule has 1 amide bonds. The lowest BCUT2D eigenvalue weighted by molar-refractivity contribution is -0.303. The second kappa shape index (κ2) is 40.0. The first kappa shape index (κ1) is 56.2. The maximum atomic E-state index is 13.0. The molecule has 0 saturated carbocycles. The molecule has 10 nitrogen and oxygen atoms in total. The molecule has 1 rings (SSSR count). The Morgan fingerprint density at radius 3 is 1.25 bits per heavy atom. The summed E-state index contributed by atoms with van der Waals surface area (Å²) in [6, 6.07) is -0.984. The number of unbranched alkanes of at least 4 members (excludes halogenated alkanes) is 32. The van der Waals surface area contributed by atoms with Crippen LogP contribution in [0, 0.1) is 0 Å². The maximum absolute atomic E-state index is 13.0. The minimum atomic E-state index is -1.60. The van der Waals surface area contributed by atoms with Gasteiger partial charge in [0, 0.05) is 6.42 Å². The first-order chi connectivity index (χ1) is 28.8. The van der Waals surface area contributed by atoms with Gasteiger partial charge in [-0.25, -0.2) is 0 Å². The van der Waals surface area contributed by atoms with Gasteiger partial charge in [-0.3, -0.25) is 4.79 Å². The Morgan fingerprint density at radius 1 is 0.525 bits per heavy atom. The Labute approximate surface area is 362 Å². The highest BCUT2D eigenvalue weighted by atomic mass is 16.7. The van der Waals surface area contributed by atoms with Gasteiger partial charge in [-0.2, -0.15) is 0 Å². The Bertz CT molecular complexity index is 911. The molecule has 2 unspecified atom stereocenters. The van der Waals surface area contributed by atoms with Crippen molar-refractivity contribution in [3.63, 3.8) is 0 Å². The maximum Gasteiger partial charge on any atom is 0.220 e. The molecule has 1 saturated heterocycles. The topological polar surface area (TPSA) is 169 Å². The largest absolute Gasteiger partial charge is 0.394 e. The van der Waals surface area contributed by atoms with E-state index in [1.54, 1.807) is 0 Å². The lowest BCUT2D eigenvalue weighted by Crippen LogP contribution is -2.60. The van der Waals surface area contributed by atoms with Crippen LogP contribution in [0.15, 0.2) is 0 Å². The highest BCUT2D eigenvalue weighted by Crippen LogP contribution is 2.23. The summed E-state index contributed by atoms with van der Waals surface area (Å²) < 4.78 is 11.2. The van der Waals surface area contributed by atoms with Crippen molar-refractivity contribution in [1.29, 1.82) is 0 Å². The summed E-state index contributed by atoms with van der Waals surface area (Å²) in [4.78, 5) is 13.0. The molecule has 8 atom stereocenters. The number of ether oxygens (including phenoxy) is 2. The van der Waals surface area contributed by atoms with Crippen molar-refractivity contribution in [2.24, 2.45) is 0 Å². The molecule has 0 radical (unpaired) electrons. The summed E-state index contributed by atoms with van der Waals surface area (Å²) in [5.74, 6) is -0.253. The molecule has 1 aliphatic heterocycles. The van der Waals surface area contributed by atoms with Crippen LogP contribution >= 0.6 is 0 Å². The number of aliphatic hydroxyl groups excluding tert-OH is 6. The summed E-state index contributed by atoms with van der Waals surface area (Å²) in [7, 11) is 0. The van der Waals surface area contributed by atoms with Crippen molar-refractivity contribution in [1.82, 2.24) is 5.32 Å². The van der Waals surface area contributed by atoms with E-state index in [1.165, 1.54) is 173 Å². The van der Waals surface area contributed by atoms with Gasteiger partial charge in [-0.15, -0.1) is 0 Å². The molecule has 1 aliphatic rings. The van der Waals surface area contributed by atoms with E-state index in [0.29, 0.717) is 6.42 Å². The Hall–Kier alpha value is -0.850. The zero-order valence-electron chi connectivity index (χ0n) is 38.4. The van der Waals surface area contributed by atoms with Crippen LogP contribution in [-0.2, 0) is 14.3 Å². The van der Waals surface area contributed by atoms with Crippen LogP contribution in [0.2, 0.25) is 0 Å². The molecule has 0 aromatic heterocycles. The summed E-state index contributed by atoms with van der Waals surface area (Å²) in [5.41, 5.74) is 0. The van der Waals surface area contributed by atoms with Crippen LogP contribution in [0.3, 0.4) is 0 Å². The number of rotatable bonds is 43. The van der Waals surface area contributed by atoms with Gasteiger partial charge in [0.25, 0.3) is 0 Å². The number of nitrogens with one attached hydrogen (secondary N) is 1. The monoisotopic (exact) mass is 844 g/mol. The van der Waals surface area contributed by atoms with E-state index in [1.807, 2.05) is 0 Å². The number of carbonyl (C=O) groups excluding carboxylic acids is 1. The van der Waals surface area contributed by atoms with Gasteiger partial charge in [0.2, 0.25) is 5.91 Å². The quantitative estimate of drug-likeness (QED) is 0.0296. The molecule has 7 N–H and O–H groups in total. The zero-order chi connectivity index (χ0) is 43.2. The van der Waals surface area contributed by atoms with Crippen molar-refractivity contribution >= 4 is 5.91 Å². The normalized spacial score (nSPS) is 21.1. The predicted octanol–water partition coefficient (Wildman–Crippen LogP) is 10.1. The predicted molar refractivity (Wildman–Crippen MR) is 241 cm³/mol. The van der Waals surface area contributed by atoms with Crippen LogP contribution in [0.1, 0.15) is 245 Å². The van der Waals surface area contributed by atoms with Crippen molar-refractivity contribution in [3.8, 4) is 0 Å². The Balaban J connectivity index is 2.24. The van der Waals surface area contributed by atoms with Gasteiger partial charge < -0.3 is 45.4 Å². The number of hydrogen-bond acceptors (Lipinski definition) is 9. The van der Waals surface area contributed by atoms with Crippen molar-refractivity contribution in [3.05, 3.63) is 0 Å². The molecule has 1 heterocycles.